The van der Waals surface area contributed by atoms with Crippen LogP contribution < -0.4 is 4.74 Å². The van der Waals surface area contributed by atoms with E-state index in [1.807, 2.05) is 0 Å². The summed E-state index contributed by atoms with van der Waals surface area (Å²) in [5.74, 6) is 0.984. The predicted molar refractivity (Wildman–Crippen MR) is 116 cm³/mol. The lowest BCUT2D eigenvalue weighted by atomic mass is 9.95. The fourth-order valence-electron chi connectivity index (χ4n) is 4.04. The van der Waals surface area contributed by atoms with Crippen molar-refractivity contribution in [2.24, 2.45) is 0 Å². The summed E-state index contributed by atoms with van der Waals surface area (Å²) in [4.78, 5) is 4.86. The fourth-order valence-corrected chi connectivity index (χ4v) is 4.04. The zero-order valence-corrected chi connectivity index (χ0v) is 17.4. The Hall–Kier alpha value is -1.88. The molecule has 28 heavy (non-hydrogen) atoms. The molecule has 1 N–H and O–H groups in total. The van der Waals surface area contributed by atoms with E-state index in [2.05, 4.69) is 66.1 Å². The summed E-state index contributed by atoms with van der Waals surface area (Å²) in [5.41, 5.74) is 5.06. The van der Waals surface area contributed by atoms with Gasteiger partial charge in [-0.05, 0) is 56.0 Å². The van der Waals surface area contributed by atoms with E-state index in [9.17, 15) is 0 Å². The molecule has 0 radical (unpaired) electrons. The number of aliphatic hydroxyl groups excluding tert-OH is 1. The van der Waals surface area contributed by atoms with Gasteiger partial charge in [0.25, 0.3) is 0 Å². The van der Waals surface area contributed by atoms with Gasteiger partial charge in [0.15, 0.2) is 0 Å². The third kappa shape index (κ3) is 5.57. The van der Waals surface area contributed by atoms with Crippen molar-refractivity contribution >= 4 is 0 Å². The Kier molecular flexibility index (Phi) is 7.90. The lowest BCUT2D eigenvalue weighted by Crippen LogP contribution is -2.47. The van der Waals surface area contributed by atoms with Crippen LogP contribution in [-0.4, -0.2) is 67.4 Å². The Morgan fingerprint density at radius 3 is 2.14 bits per heavy atom. The molecule has 1 saturated heterocycles. The van der Waals surface area contributed by atoms with Crippen LogP contribution in [0.5, 0.6) is 5.75 Å². The standard InChI is InChI=1S/C24H34N2O2/c1-20-8-7-9-21(2)24(20)22-10-3-4-11-23(22)28-19-6-5-12-25-13-15-26(16-14-25)17-18-27/h3-4,7-11,27H,5-6,12-19H2,1-2H3. The minimum Gasteiger partial charge on any atom is -0.493 e. The van der Waals surface area contributed by atoms with Crippen LogP contribution in [-0.2, 0) is 0 Å². The maximum absolute atomic E-state index is 9.03. The average Bonchev–Trinajstić information content (AvgIpc) is 2.70. The first kappa shape index (κ1) is 20.8. The smallest absolute Gasteiger partial charge is 0.127 e. The van der Waals surface area contributed by atoms with E-state index >= 15 is 0 Å². The number of ether oxygens (including phenoxy) is 1. The summed E-state index contributed by atoms with van der Waals surface area (Å²) in [6.07, 6.45) is 2.23. The van der Waals surface area contributed by atoms with Crippen LogP contribution in [0.1, 0.15) is 24.0 Å². The highest BCUT2D eigenvalue weighted by Crippen LogP contribution is 2.34. The van der Waals surface area contributed by atoms with E-state index in [0.29, 0.717) is 0 Å². The number of para-hydroxylation sites is 1. The summed E-state index contributed by atoms with van der Waals surface area (Å²) in [6, 6.07) is 14.8. The molecule has 0 amide bonds. The first-order chi connectivity index (χ1) is 13.7. The number of rotatable bonds is 9. The van der Waals surface area contributed by atoms with E-state index in [1.54, 1.807) is 0 Å². The Morgan fingerprint density at radius 2 is 1.46 bits per heavy atom. The van der Waals surface area contributed by atoms with Crippen molar-refractivity contribution in [3.63, 3.8) is 0 Å². The predicted octanol–water partition coefficient (Wildman–Crippen LogP) is 3.74. The van der Waals surface area contributed by atoms with Crippen molar-refractivity contribution in [2.75, 3.05) is 52.5 Å². The molecular formula is C24H34N2O2. The molecule has 0 spiro atoms. The van der Waals surface area contributed by atoms with Crippen LogP contribution in [0.3, 0.4) is 0 Å². The van der Waals surface area contributed by atoms with E-state index in [0.717, 1.165) is 64.5 Å². The molecule has 1 aliphatic heterocycles. The van der Waals surface area contributed by atoms with Crippen LogP contribution in [0, 0.1) is 13.8 Å². The Bertz CT molecular complexity index is 719. The monoisotopic (exact) mass is 382 g/mol. The van der Waals surface area contributed by atoms with Gasteiger partial charge >= 0.3 is 0 Å². The van der Waals surface area contributed by atoms with Gasteiger partial charge in [0, 0.05) is 38.3 Å². The van der Waals surface area contributed by atoms with Gasteiger partial charge in [0.2, 0.25) is 0 Å². The van der Waals surface area contributed by atoms with E-state index in [-0.39, 0.29) is 6.61 Å². The second-order valence-corrected chi connectivity index (χ2v) is 7.73. The molecule has 0 aliphatic carbocycles. The first-order valence-corrected chi connectivity index (χ1v) is 10.5. The van der Waals surface area contributed by atoms with Gasteiger partial charge in [0.05, 0.1) is 13.2 Å². The molecule has 0 saturated carbocycles. The van der Waals surface area contributed by atoms with Gasteiger partial charge in [0.1, 0.15) is 5.75 Å². The lowest BCUT2D eigenvalue weighted by Gasteiger charge is -2.34. The first-order valence-electron chi connectivity index (χ1n) is 10.5. The van der Waals surface area contributed by atoms with Crippen LogP contribution in [0.25, 0.3) is 11.1 Å². The topological polar surface area (TPSA) is 35.9 Å². The molecule has 1 heterocycles. The normalized spacial score (nSPS) is 15.7. The highest BCUT2D eigenvalue weighted by molar-refractivity contribution is 5.75. The van der Waals surface area contributed by atoms with Crippen LogP contribution in [0.2, 0.25) is 0 Å². The number of nitrogens with zero attached hydrogens (tertiary/aromatic N) is 2. The summed E-state index contributed by atoms with van der Waals surface area (Å²) in [7, 11) is 0. The van der Waals surface area contributed by atoms with Crippen molar-refractivity contribution in [2.45, 2.75) is 26.7 Å². The maximum Gasteiger partial charge on any atom is 0.127 e. The summed E-state index contributed by atoms with van der Waals surface area (Å²) < 4.78 is 6.19. The molecule has 0 atom stereocenters. The molecule has 1 aliphatic rings. The zero-order valence-electron chi connectivity index (χ0n) is 17.4. The summed E-state index contributed by atoms with van der Waals surface area (Å²) in [5, 5.41) is 9.03. The number of hydrogen-bond acceptors (Lipinski definition) is 4. The molecule has 0 unspecified atom stereocenters. The number of piperazine rings is 1. The molecule has 3 rings (SSSR count). The second-order valence-electron chi connectivity index (χ2n) is 7.73. The van der Waals surface area contributed by atoms with Crippen LogP contribution in [0.4, 0.5) is 0 Å². The number of unbranched alkanes of at least 4 members (excludes halogenated alkanes) is 1. The average molecular weight is 383 g/mol. The number of aryl methyl sites for hydroxylation is 2. The van der Waals surface area contributed by atoms with Crippen molar-refractivity contribution < 1.29 is 9.84 Å². The van der Waals surface area contributed by atoms with Gasteiger partial charge < -0.3 is 14.7 Å². The van der Waals surface area contributed by atoms with Gasteiger partial charge in [-0.3, -0.25) is 4.90 Å². The molecular weight excluding hydrogens is 348 g/mol. The Balaban J connectivity index is 1.46. The molecule has 2 aromatic carbocycles. The third-order valence-corrected chi connectivity index (χ3v) is 5.64. The number of β-amino-alcohol motifs (C(OH)–C–C–N with tert-alkyl or cyclic N) is 1. The Labute approximate surface area is 169 Å². The SMILES string of the molecule is Cc1cccc(C)c1-c1ccccc1OCCCCN1CCN(CCO)CC1. The van der Waals surface area contributed by atoms with Crippen molar-refractivity contribution in [1.29, 1.82) is 0 Å². The van der Waals surface area contributed by atoms with E-state index in [1.165, 1.54) is 22.3 Å². The van der Waals surface area contributed by atoms with Gasteiger partial charge in [-0.25, -0.2) is 0 Å². The number of hydrogen-bond donors (Lipinski definition) is 1. The highest BCUT2D eigenvalue weighted by atomic mass is 16.5. The van der Waals surface area contributed by atoms with E-state index in [4.69, 9.17) is 9.84 Å². The summed E-state index contributed by atoms with van der Waals surface area (Å²) >= 11 is 0. The minimum atomic E-state index is 0.265. The molecule has 4 heteroatoms. The molecule has 4 nitrogen and oxygen atoms in total. The van der Waals surface area contributed by atoms with Gasteiger partial charge in [-0.15, -0.1) is 0 Å². The van der Waals surface area contributed by atoms with Gasteiger partial charge in [-0.2, -0.15) is 0 Å². The number of aliphatic hydroxyl groups is 1. The van der Waals surface area contributed by atoms with Crippen molar-refractivity contribution in [3.05, 3.63) is 53.6 Å². The van der Waals surface area contributed by atoms with Crippen molar-refractivity contribution in [1.82, 2.24) is 9.80 Å². The molecule has 1 fully saturated rings. The largest absolute Gasteiger partial charge is 0.493 e. The molecule has 0 aromatic heterocycles. The Morgan fingerprint density at radius 1 is 0.821 bits per heavy atom. The molecule has 2 aromatic rings. The zero-order chi connectivity index (χ0) is 19.8. The lowest BCUT2D eigenvalue weighted by molar-refractivity contribution is 0.110. The van der Waals surface area contributed by atoms with E-state index < -0.39 is 0 Å². The minimum absolute atomic E-state index is 0.265. The van der Waals surface area contributed by atoms with Crippen LogP contribution in [0.15, 0.2) is 42.5 Å². The van der Waals surface area contributed by atoms with Gasteiger partial charge in [-0.1, -0.05) is 36.4 Å². The molecule has 0 bridgehead atoms. The highest BCUT2D eigenvalue weighted by Gasteiger charge is 2.15. The fraction of sp³-hybridized carbons (Fsp3) is 0.500. The quantitative estimate of drug-likeness (QED) is 0.670. The molecule has 152 valence electrons. The van der Waals surface area contributed by atoms with Crippen molar-refractivity contribution in [3.8, 4) is 16.9 Å². The van der Waals surface area contributed by atoms with Crippen LogP contribution >= 0.6 is 0 Å². The maximum atomic E-state index is 9.03. The third-order valence-electron chi connectivity index (χ3n) is 5.64. The number of benzene rings is 2. The second kappa shape index (κ2) is 10.6. The summed E-state index contributed by atoms with van der Waals surface area (Å²) in [6.45, 7) is 11.6.